The van der Waals surface area contributed by atoms with Crippen molar-refractivity contribution in [2.75, 3.05) is 39.3 Å². The van der Waals surface area contributed by atoms with Crippen molar-refractivity contribution in [2.45, 2.75) is 19.0 Å². The minimum absolute atomic E-state index is 0.0590. The van der Waals surface area contributed by atoms with Gasteiger partial charge in [0.1, 0.15) is 0 Å². The number of hydrogen-bond acceptors (Lipinski definition) is 6. The molecule has 1 saturated heterocycles. The minimum Gasteiger partial charge on any atom is -0.300 e. The number of halogens is 3. The number of piperazine rings is 1. The first-order valence-electron chi connectivity index (χ1n) is 10.2. The standard InChI is InChI=1S/C21H23F3N4O4/c22-21(23,24)20-15-19(28(31)32)6-3-17(20)8-10-26-13-11-25(12-14-26)9-7-16-1-4-18(5-2-16)27(29)30/h1-6,15H,7-14H2. The van der Waals surface area contributed by atoms with Crippen LogP contribution in [-0.2, 0) is 19.0 Å². The van der Waals surface area contributed by atoms with Crippen molar-refractivity contribution in [1.82, 2.24) is 9.80 Å². The predicted octanol–water partition coefficient (Wildman–Crippen LogP) is 3.92. The van der Waals surface area contributed by atoms with Crippen LogP contribution in [0.2, 0.25) is 0 Å². The number of benzene rings is 2. The normalized spacial score (nSPS) is 15.6. The highest BCUT2D eigenvalue weighted by atomic mass is 19.4. The van der Waals surface area contributed by atoms with Crippen LogP contribution in [0.25, 0.3) is 0 Å². The molecule has 1 aliphatic rings. The van der Waals surface area contributed by atoms with Crippen LogP contribution in [0, 0.1) is 20.2 Å². The molecule has 2 aromatic carbocycles. The van der Waals surface area contributed by atoms with Gasteiger partial charge in [0.15, 0.2) is 0 Å². The summed E-state index contributed by atoms with van der Waals surface area (Å²) in [5.74, 6) is 0. The van der Waals surface area contributed by atoms with E-state index in [1.54, 1.807) is 12.1 Å². The van der Waals surface area contributed by atoms with Gasteiger partial charge in [-0.15, -0.1) is 0 Å². The molecule has 1 fully saturated rings. The van der Waals surface area contributed by atoms with Gasteiger partial charge in [0, 0.05) is 63.5 Å². The molecule has 8 nitrogen and oxygen atoms in total. The summed E-state index contributed by atoms with van der Waals surface area (Å²) in [4.78, 5) is 24.6. The first kappa shape index (κ1) is 23.6. The fourth-order valence-electron chi connectivity index (χ4n) is 3.75. The zero-order valence-corrected chi connectivity index (χ0v) is 17.3. The largest absolute Gasteiger partial charge is 0.416 e. The Morgan fingerprint density at radius 1 is 0.781 bits per heavy atom. The van der Waals surface area contributed by atoms with Gasteiger partial charge in [-0.2, -0.15) is 13.2 Å². The Bertz CT molecular complexity index is 959. The number of nitro groups is 2. The number of nitrogens with zero attached hydrogens (tertiary/aromatic N) is 4. The minimum atomic E-state index is -4.64. The number of rotatable bonds is 8. The van der Waals surface area contributed by atoms with Gasteiger partial charge >= 0.3 is 6.18 Å². The van der Waals surface area contributed by atoms with Gasteiger partial charge in [-0.1, -0.05) is 18.2 Å². The topological polar surface area (TPSA) is 92.8 Å². The van der Waals surface area contributed by atoms with Crippen molar-refractivity contribution >= 4 is 11.4 Å². The maximum Gasteiger partial charge on any atom is 0.416 e. The molecule has 1 aliphatic heterocycles. The van der Waals surface area contributed by atoms with E-state index in [9.17, 15) is 33.4 Å². The lowest BCUT2D eigenvalue weighted by Crippen LogP contribution is -2.47. The molecule has 1 heterocycles. The third-order valence-corrected chi connectivity index (χ3v) is 5.64. The van der Waals surface area contributed by atoms with E-state index in [0.29, 0.717) is 25.7 Å². The van der Waals surface area contributed by atoms with E-state index in [4.69, 9.17) is 0 Å². The summed E-state index contributed by atoms with van der Waals surface area (Å²) in [7, 11) is 0. The third-order valence-electron chi connectivity index (χ3n) is 5.64. The van der Waals surface area contributed by atoms with E-state index in [1.807, 2.05) is 0 Å². The van der Waals surface area contributed by atoms with E-state index in [0.717, 1.165) is 37.7 Å². The van der Waals surface area contributed by atoms with Crippen LogP contribution in [0.4, 0.5) is 24.5 Å². The summed E-state index contributed by atoms with van der Waals surface area (Å²) in [6.07, 6.45) is -3.72. The number of hydrogen-bond donors (Lipinski definition) is 0. The molecule has 0 amide bonds. The Kier molecular flexibility index (Phi) is 7.41. The second kappa shape index (κ2) is 10.0. The average molecular weight is 452 g/mol. The van der Waals surface area contributed by atoms with Crippen LogP contribution in [0.1, 0.15) is 16.7 Å². The van der Waals surface area contributed by atoms with E-state index >= 15 is 0 Å². The van der Waals surface area contributed by atoms with Crippen LogP contribution >= 0.6 is 0 Å². The highest BCUT2D eigenvalue weighted by molar-refractivity contribution is 5.41. The van der Waals surface area contributed by atoms with Gasteiger partial charge in [0.25, 0.3) is 11.4 Å². The van der Waals surface area contributed by atoms with Crippen molar-refractivity contribution in [1.29, 1.82) is 0 Å². The van der Waals surface area contributed by atoms with Crippen LogP contribution in [-0.4, -0.2) is 58.9 Å². The molecule has 0 bridgehead atoms. The van der Waals surface area contributed by atoms with Gasteiger partial charge in [-0.3, -0.25) is 20.2 Å². The molecule has 0 saturated carbocycles. The van der Waals surface area contributed by atoms with Gasteiger partial charge in [-0.25, -0.2) is 0 Å². The summed E-state index contributed by atoms with van der Waals surface area (Å²) in [6.45, 7) is 4.23. The number of alkyl halides is 3. The lowest BCUT2D eigenvalue weighted by molar-refractivity contribution is -0.385. The summed E-state index contributed by atoms with van der Waals surface area (Å²) in [5.41, 5.74) is -0.389. The zero-order valence-electron chi connectivity index (χ0n) is 17.3. The number of non-ortho nitro benzene ring substituents is 2. The first-order valence-corrected chi connectivity index (χ1v) is 10.2. The van der Waals surface area contributed by atoms with E-state index in [2.05, 4.69) is 9.80 Å². The smallest absolute Gasteiger partial charge is 0.300 e. The van der Waals surface area contributed by atoms with Gasteiger partial charge in [-0.05, 0) is 24.0 Å². The van der Waals surface area contributed by atoms with Crippen LogP contribution in [0.15, 0.2) is 42.5 Å². The highest BCUT2D eigenvalue weighted by Crippen LogP contribution is 2.34. The van der Waals surface area contributed by atoms with Crippen molar-refractivity contribution in [3.8, 4) is 0 Å². The lowest BCUT2D eigenvalue weighted by atomic mass is 10.0. The average Bonchev–Trinajstić information content (AvgIpc) is 2.76. The molecule has 0 unspecified atom stereocenters. The Labute approximate surface area is 182 Å². The van der Waals surface area contributed by atoms with E-state index in [1.165, 1.54) is 18.2 Å². The maximum absolute atomic E-state index is 13.3. The molecule has 0 atom stereocenters. The second-order valence-electron chi connectivity index (χ2n) is 7.70. The summed E-state index contributed by atoms with van der Waals surface area (Å²) in [5, 5.41) is 21.5. The molecule has 11 heteroatoms. The molecule has 32 heavy (non-hydrogen) atoms. The van der Waals surface area contributed by atoms with Crippen molar-refractivity contribution in [2.24, 2.45) is 0 Å². The maximum atomic E-state index is 13.3. The molecule has 2 aromatic rings. The first-order chi connectivity index (χ1) is 15.1. The van der Waals surface area contributed by atoms with Gasteiger partial charge in [0.05, 0.1) is 15.4 Å². The Hall–Kier alpha value is -3.05. The lowest BCUT2D eigenvalue weighted by Gasteiger charge is -2.34. The van der Waals surface area contributed by atoms with Crippen LogP contribution in [0.3, 0.4) is 0 Å². The van der Waals surface area contributed by atoms with Gasteiger partial charge < -0.3 is 9.80 Å². The Morgan fingerprint density at radius 2 is 1.28 bits per heavy atom. The Morgan fingerprint density at radius 3 is 1.78 bits per heavy atom. The van der Waals surface area contributed by atoms with Crippen LogP contribution in [0.5, 0.6) is 0 Å². The SMILES string of the molecule is O=[N+]([O-])c1ccc(CCN2CCN(CCc3ccc([N+](=O)[O-])cc3C(F)(F)F)CC2)cc1. The molecule has 0 N–H and O–H groups in total. The summed E-state index contributed by atoms with van der Waals surface area (Å²) >= 11 is 0. The third kappa shape index (κ3) is 6.24. The monoisotopic (exact) mass is 452 g/mol. The molecular weight excluding hydrogens is 429 g/mol. The molecule has 0 aromatic heterocycles. The fraction of sp³-hybridized carbons (Fsp3) is 0.429. The molecule has 0 spiro atoms. The predicted molar refractivity (Wildman–Crippen MR) is 111 cm³/mol. The fourth-order valence-corrected chi connectivity index (χ4v) is 3.75. The second-order valence-corrected chi connectivity index (χ2v) is 7.70. The number of nitro benzene ring substituents is 2. The molecule has 0 aliphatic carbocycles. The Balaban J connectivity index is 1.48. The van der Waals surface area contributed by atoms with Crippen molar-refractivity contribution < 1.29 is 23.0 Å². The molecule has 172 valence electrons. The molecule has 3 rings (SSSR count). The summed E-state index contributed by atoms with van der Waals surface area (Å²) in [6, 6.07) is 9.38. The zero-order chi connectivity index (χ0) is 23.3. The molecular formula is C21H23F3N4O4. The van der Waals surface area contributed by atoms with Crippen molar-refractivity contribution in [3.63, 3.8) is 0 Å². The quantitative estimate of drug-likeness (QED) is 0.445. The van der Waals surface area contributed by atoms with E-state index in [-0.39, 0.29) is 17.7 Å². The van der Waals surface area contributed by atoms with Crippen LogP contribution < -0.4 is 0 Å². The summed E-state index contributed by atoms with van der Waals surface area (Å²) < 4.78 is 40.0. The van der Waals surface area contributed by atoms with Gasteiger partial charge in [0.2, 0.25) is 0 Å². The highest BCUT2D eigenvalue weighted by Gasteiger charge is 2.35. The molecule has 0 radical (unpaired) electrons. The van der Waals surface area contributed by atoms with Crippen molar-refractivity contribution in [3.05, 3.63) is 79.4 Å². The van der Waals surface area contributed by atoms with E-state index < -0.39 is 27.3 Å².